The van der Waals surface area contributed by atoms with Crippen LogP contribution in [0.5, 0.6) is 11.5 Å². The first kappa shape index (κ1) is 28.2. The van der Waals surface area contributed by atoms with Crippen molar-refractivity contribution < 1.29 is 63.2 Å². The van der Waals surface area contributed by atoms with Gasteiger partial charge in [-0.1, -0.05) is 0 Å². The van der Waals surface area contributed by atoms with Crippen molar-refractivity contribution in [2.45, 2.75) is 75.3 Å². The fourth-order valence-corrected chi connectivity index (χ4v) is 4.25. The van der Waals surface area contributed by atoms with E-state index >= 15 is 0 Å². The van der Waals surface area contributed by atoms with Crippen LogP contribution < -0.4 is 15.1 Å². The molecule has 2 unspecified atom stereocenters. The van der Waals surface area contributed by atoms with Crippen LogP contribution >= 0.6 is 0 Å². The van der Waals surface area contributed by atoms with Gasteiger partial charge in [-0.3, -0.25) is 4.79 Å². The molecule has 0 radical (unpaired) electrons. The quantitative estimate of drug-likeness (QED) is 0.198. The number of carbonyl (C=O) groups is 1. The molecule has 2 aliphatic heterocycles. The maximum atomic E-state index is 11.7. The van der Waals surface area contributed by atoms with Crippen molar-refractivity contribution in [2.24, 2.45) is 0 Å². The van der Waals surface area contributed by atoms with E-state index in [1.54, 1.807) is 0 Å². The minimum atomic E-state index is -1.70. The van der Waals surface area contributed by atoms with Gasteiger partial charge < -0.3 is 58.4 Å². The summed E-state index contributed by atoms with van der Waals surface area (Å²) in [7, 11) is 1.37. The van der Waals surface area contributed by atoms with Crippen molar-refractivity contribution in [1.29, 1.82) is 0 Å². The fourth-order valence-electron chi connectivity index (χ4n) is 4.25. The van der Waals surface area contributed by atoms with Gasteiger partial charge in [-0.15, -0.1) is 0 Å². The zero-order chi connectivity index (χ0) is 27.7. The minimum Gasteiger partial charge on any atom is -0.493 e. The number of aliphatic hydroxyl groups excluding tert-OH is 5. The van der Waals surface area contributed by atoms with Gasteiger partial charge in [0, 0.05) is 24.4 Å². The number of hydrogen-bond donors (Lipinski definition) is 5. The topological polar surface area (TPSA) is 204 Å². The number of aliphatic hydroxyl groups is 5. The lowest BCUT2D eigenvalue weighted by atomic mass is 9.98. The molecule has 10 atom stereocenters. The zero-order valence-electron chi connectivity index (χ0n) is 20.7. The second kappa shape index (κ2) is 11.5. The van der Waals surface area contributed by atoms with Crippen molar-refractivity contribution in [3.8, 4) is 11.5 Å². The lowest BCUT2D eigenvalue weighted by molar-refractivity contribution is -0.319. The average Bonchev–Trinajstić information content (AvgIpc) is 2.88. The normalized spacial score (nSPS) is 35.6. The SMILES string of the molecule is COc1cc2ccc(=O)oc2cc1OC1O[C@H](COC2O[C@@H](C)[C@H](O)[C@@H](O)[C@H]2O)[C@@H](O)[C@H](O)[C@H]1OC(C)=O. The molecule has 0 bridgehead atoms. The van der Waals surface area contributed by atoms with Gasteiger partial charge in [-0.2, -0.15) is 0 Å². The summed E-state index contributed by atoms with van der Waals surface area (Å²) in [6.07, 6.45) is -14.4. The van der Waals surface area contributed by atoms with Gasteiger partial charge >= 0.3 is 11.6 Å². The zero-order valence-corrected chi connectivity index (χ0v) is 20.7. The Labute approximate surface area is 215 Å². The molecule has 1 aromatic carbocycles. The summed E-state index contributed by atoms with van der Waals surface area (Å²) in [6, 6.07) is 5.65. The van der Waals surface area contributed by atoms with Crippen LogP contribution in [0, 0.1) is 0 Å². The molecular weight excluding hydrogens is 512 g/mol. The Morgan fingerprint density at radius 3 is 2.34 bits per heavy atom. The predicted molar refractivity (Wildman–Crippen MR) is 124 cm³/mol. The van der Waals surface area contributed by atoms with Crippen LogP contribution in [0.2, 0.25) is 0 Å². The van der Waals surface area contributed by atoms with E-state index in [9.17, 15) is 35.1 Å². The Morgan fingerprint density at radius 1 is 0.921 bits per heavy atom. The highest BCUT2D eigenvalue weighted by Crippen LogP contribution is 2.35. The predicted octanol–water partition coefficient (Wildman–Crippen LogP) is -1.60. The smallest absolute Gasteiger partial charge is 0.336 e. The van der Waals surface area contributed by atoms with Crippen LogP contribution in [-0.4, -0.2) is 107 Å². The first-order chi connectivity index (χ1) is 18.0. The molecule has 4 rings (SSSR count). The van der Waals surface area contributed by atoms with E-state index in [0.29, 0.717) is 5.39 Å². The molecule has 2 fully saturated rings. The van der Waals surface area contributed by atoms with Crippen molar-refractivity contribution in [2.75, 3.05) is 13.7 Å². The molecule has 0 aliphatic carbocycles. The molecule has 3 heterocycles. The van der Waals surface area contributed by atoms with Gasteiger partial charge in [0.25, 0.3) is 0 Å². The summed E-state index contributed by atoms with van der Waals surface area (Å²) in [6.45, 7) is 2.10. The molecule has 210 valence electrons. The van der Waals surface area contributed by atoms with Gasteiger partial charge in [0.2, 0.25) is 6.29 Å². The Bertz CT molecular complexity index is 1180. The number of benzene rings is 1. The van der Waals surface area contributed by atoms with E-state index in [0.717, 1.165) is 6.92 Å². The summed E-state index contributed by atoms with van der Waals surface area (Å²) < 4.78 is 38.2. The summed E-state index contributed by atoms with van der Waals surface area (Å²) >= 11 is 0. The van der Waals surface area contributed by atoms with Gasteiger partial charge in [-0.05, 0) is 19.1 Å². The molecule has 38 heavy (non-hydrogen) atoms. The van der Waals surface area contributed by atoms with Crippen LogP contribution in [0.3, 0.4) is 0 Å². The molecule has 2 aliphatic rings. The number of ether oxygens (including phenoxy) is 6. The maximum Gasteiger partial charge on any atom is 0.336 e. The Kier molecular flexibility index (Phi) is 8.54. The van der Waals surface area contributed by atoms with E-state index in [1.807, 2.05) is 0 Å². The summed E-state index contributed by atoms with van der Waals surface area (Å²) in [5, 5.41) is 52.0. The average molecular weight is 542 g/mol. The molecule has 2 saturated heterocycles. The fraction of sp³-hybridized carbons (Fsp3) is 0.583. The molecule has 5 N–H and O–H groups in total. The Morgan fingerprint density at radius 2 is 1.66 bits per heavy atom. The summed E-state index contributed by atoms with van der Waals surface area (Å²) in [5.41, 5.74) is -0.443. The standard InChI is InChI=1S/C24H30O14/c1-9-17(27)19(29)21(31)23(34-9)33-8-15-18(28)20(30)22(35-10(2)25)24(38-15)37-14-7-12-11(6-13(14)32-3)4-5-16(26)36-12/h4-7,9,15,17-24,27-31H,8H2,1-3H3/t9-,15+,17-,18+,19+,20-,21+,22+,23?,24?/m0/s1. The van der Waals surface area contributed by atoms with Crippen molar-refractivity contribution in [3.05, 3.63) is 34.7 Å². The molecule has 14 heteroatoms. The highest BCUT2D eigenvalue weighted by molar-refractivity contribution is 5.80. The molecule has 0 spiro atoms. The van der Waals surface area contributed by atoms with Gasteiger partial charge in [-0.25, -0.2) is 4.79 Å². The first-order valence-corrected chi connectivity index (χ1v) is 11.8. The summed E-state index contributed by atoms with van der Waals surface area (Å²) in [5.74, 6) is -0.577. The van der Waals surface area contributed by atoms with Gasteiger partial charge in [0.15, 0.2) is 23.9 Å². The van der Waals surface area contributed by atoms with E-state index in [2.05, 4.69) is 0 Å². The number of methoxy groups -OCH3 is 1. The van der Waals surface area contributed by atoms with E-state index in [1.165, 1.54) is 38.3 Å². The maximum absolute atomic E-state index is 11.7. The molecule has 14 nitrogen and oxygen atoms in total. The highest BCUT2D eigenvalue weighted by atomic mass is 16.7. The number of hydrogen-bond acceptors (Lipinski definition) is 14. The van der Waals surface area contributed by atoms with Crippen LogP contribution in [0.15, 0.2) is 33.5 Å². The third-order valence-corrected chi connectivity index (χ3v) is 6.33. The number of fused-ring (bicyclic) bond motifs is 1. The monoisotopic (exact) mass is 542 g/mol. The second-order valence-corrected chi connectivity index (χ2v) is 9.03. The molecule has 2 aromatic rings. The van der Waals surface area contributed by atoms with Crippen molar-refractivity contribution >= 4 is 16.9 Å². The van der Waals surface area contributed by atoms with Crippen molar-refractivity contribution in [1.82, 2.24) is 0 Å². The van der Waals surface area contributed by atoms with Gasteiger partial charge in [0.05, 0.1) is 19.8 Å². The number of rotatable bonds is 7. The van der Waals surface area contributed by atoms with Crippen LogP contribution in [-0.2, 0) is 23.7 Å². The molecular formula is C24H30O14. The number of carbonyl (C=O) groups excluding carboxylic acids is 1. The first-order valence-electron chi connectivity index (χ1n) is 11.8. The van der Waals surface area contributed by atoms with E-state index in [-0.39, 0.29) is 17.1 Å². The Hall–Kier alpha value is -2.82. The van der Waals surface area contributed by atoms with Crippen LogP contribution in [0.1, 0.15) is 13.8 Å². The molecule has 0 amide bonds. The third-order valence-electron chi connectivity index (χ3n) is 6.33. The Balaban J connectivity index is 1.57. The van der Waals surface area contributed by atoms with Gasteiger partial charge in [0.1, 0.15) is 42.2 Å². The van der Waals surface area contributed by atoms with Crippen LogP contribution in [0.25, 0.3) is 11.0 Å². The highest BCUT2D eigenvalue weighted by Gasteiger charge is 2.49. The summed E-state index contributed by atoms with van der Waals surface area (Å²) in [4.78, 5) is 23.4. The minimum absolute atomic E-state index is 0.0109. The lowest BCUT2D eigenvalue weighted by Crippen LogP contribution is -2.62. The van der Waals surface area contributed by atoms with Crippen LogP contribution in [0.4, 0.5) is 0 Å². The molecule has 0 saturated carbocycles. The third kappa shape index (κ3) is 5.77. The van der Waals surface area contributed by atoms with E-state index < -0.39 is 79.6 Å². The van der Waals surface area contributed by atoms with Crippen molar-refractivity contribution in [3.63, 3.8) is 0 Å². The van der Waals surface area contributed by atoms with E-state index in [4.69, 9.17) is 32.8 Å². The molecule has 1 aromatic heterocycles. The number of esters is 1. The lowest BCUT2D eigenvalue weighted by Gasteiger charge is -2.43. The largest absolute Gasteiger partial charge is 0.493 e. The second-order valence-electron chi connectivity index (χ2n) is 9.03.